The zero-order valence-corrected chi connectivity index (χ0v) is 18.5. The van der Waals surface area contributed by atoms with E-state index in [0.717, 1.165) is 22.0 Å². The molecule has 2 aliphatic heterocycles. The number of benzene rings is 2. The minimum atomic E-state index is -3.91. The van der Waals surface area contributed by atoms with Gasteiger partial charge >= 0.3 is 0 Å². The number of nitrogens with zero attached hydrogens (tertiary/aromatic N) is 1. The third kappa shape index (κ3) is 4.57. The molecule has 0 atom stereocenters. The highest BCUT2D eigenvalue weighted by atomic mass is 32.2. The van der Waals surface area contributed by atoms with E-state index >= 15 is 0 Å². The number of hydrogen-bond acceptors (Lipinski definition) is 6. The van der Waals surface area contributed by atoms with Crippen molar-refractivity contribution in [3.63, 3.8) is 0 Å². The van der Waals surface area contributed by atoms with Gasteiger partial charge in [0.15, 0.2) is 11.5 Å². The third-order valence-electron chi connectivity index (χ3n) is 5.95. The van der Waals surface area contributed by atoms with E-state index in [-0.39, 0.29) is 23.6 Å². The number of likely N-dealkylation sites (N-methyl/N-ethyl adjacent to an activating group) is 1. The molecule has 0 radical (unpaired) electrons. The van der Waals surface area contributed by atoms with E-state index in [1.54, 1.807) is 0 Å². The van der Waals surface area contributed by atoms with Crippen molar-refractivity contribution in [3.8, 4) is 11.5 Å². The number of carbonyl (C=O) groups excluding carboxylic acids is 1. The lowest BCUT2D eigenvalue weighted by molar-refractivity contribution is -0.121. The zero-order valence-electron chi connectivity index (χ0n) is 17.7. The Balaban J connectivity index is 1.44. The summed E-state index contributed by atoms with van der Waals surface area (Å²) in [4.78, 5) is 12.6. The molecule has 172 valence electrons. The molecule has 4 rings (SSSR count). The number of amides is 1. The average molecular weight is 465 g/mol. The maximum atomic E-state index is 13.1. The molecule has 0 unspecified atom stereocenters. The normalized spacial score (nSPS) is 17.3. The summed E-state index contributed by atoms with van der Waals surface area (Å²) >= 11 is 0. The number of carbonyl (C=O) groups is 1. The molecule has 8 nitrogen and oxygen atoms in total. The molecule has 1 N–H and O–H groups in total. The number of halogens is 1. The maximum absolute atomic E-state index is 13.1. The number of fused-ring (bicyclic) bond motifs is 1. The van der Waals surface area contributed by atoms with E-state index in [1.807, 2.05) is 18.2 Å². The predicted octanol–water partition coefficient (Wildman–Crippen LogP) is 2.04. The van der Waals surface area contributed by atoms with Crippen LogP contribution < -0.4 is 14.8 Å². The molecule has 0 bridgehead atoms. The number of nitrogens with one attached hydrogen (secondary N) is 1. The minimum absolute atomic E-state index is 0.0736. The van der Waals surface area contributed by atoms with Gasteiger partial charge in [0, 0.05) is 32.2 Å². The van der Waals surface area contributed by atoms with Crippen molar-refractivity contribution < 1.29 is 31.8 Å². The Morgan fingerprint density at radius 1 is 1.09 bits per heavy atom. The monoisotopic (exact) mass is 464 g/mol. The number of hydrogen-bond donors (Lipinski definition) is 1. The first-order valence-electron chi connectivity index (χ1n) is 10.3. The molecule has 0 saturated carbocycles. The van der Waals surface area contributed by atoms with Crippen molar-refractivity contribution in [2.24, 2.45) is 0 Å². The number of rotatable bonds is 7. The summed E-state index contributed by atoms with van der Waals surface area (Å²) in [7, 11) is -2.59. The molecule has 0 aliphatic carbocycles. The van der Waals surface area contributed by atoms with Gasteiger partial charge in [0.1, 0.15) is 5.82 Å². The second-order valence-electron chi connectivity index (χ2n) is 7.95. The second-order valence-corrected chi connectivity index (χ2v) is 10.00. The summed E-state index contributed by atoms with van der Waals surface area (Å²) in [6.07, 6.45) is 1.41. The Morgan fingerprint density at radius 2 is 1.78 bits per heavy atom. The first kappa shape index (κ1) is 22.5. The van der Waals surface area contributed by atoms with Crippen LogP contribution in [0.25, 0.3) is 0 Å². The van der Waals surface area contributed by atoms with Crippen molar-refractivity contribution in [2.45, 2.75) is 23.2 Å². The molecule has 10 heteroatoms. The van der Waals surface area contributed by atoms with Crippen molar-refractivity contribution in [3.05, 3.63) is 53.8 Å². The highest BCUT2D eigenvalue weighted by Gasteiger charge is 2.36. The number of ether oxygens (including phenoxy) is 3. The first-order chi connectivity index (χ1) is 15.3. The van der Waals surface area contributed by atoms with Crippen LogP contribution in [0.4, 0.5) is 4.39 Å². The Morgan fingerprint density at radius 3 is 2.50 bits per heavy atom. The second kappa shape index (κ2) is 9.05. The zero-order chi connectivity index (χ0) is 22.8. The van der Waals surface area contributed by atoms with Crippen molar-refractivity contribution in [1.82, 2.24) is 9.62 Å². The van der Waals surface area contributed by atoms with Crippen molar-refractivity contribution in [1.29, 1.82) is 0 Å². The Labute approximate surface area is 186 Å². The molecular weight excluding hydrogens is 439 g/mol. The van der Waals surface area contributed by atoms with E-state index in [1.165, 1.54) is 19.2 Å². The van der Waals surface area contributed by atoms with Gasteiger partial charge in [-0.1, -0.05) is 6.07 Å². The molecule has 0 spiro atoms. The average Bonchev–Trinajstić information content (AvgIpc) is 3.26. The summed E-state index contributed by atoms with van der Waals surface area (Å²) in [5.74, 6) is 0.400. The fourth-order valence-electron chi connectivity index (χ4n) is 3.95. The topological polar surface area (TPSA) is 94.2 Å². The van der Waals surface area contributed by atoms with Gasteiger partial charge in [-0.3, -0.25) is 4.79 Å². The highest BCUT2D eigenvalue weighted by molar-refractivity contribution is 7.89. The van der Waals surface area contributed by atoms with Crippen LogP contribution in [0.3, 0.4) is 0 Å². The van der Waals surface area contributed by atoms with E-state index < -0.39 is 21.7 Å². The first-order valence-corrected chi connectivity index (χ1v) is 11.7. The molecule has 32 heavy (non-hydrogen) atoms. The van der Waals surface area contributed by atoms with E-state index in [0.29, 0.717) is 44.1 Å². The summed E-state index contributed by atoms with van der Waals surface area (Å²) in [5.41, 5.74) is 0.654. The van der Waals surface area contributed by atoms with Gasteiger partial charge in [-0.05, 0) is 54.8 Å². The summed E-state index contributed by atoms with van der Waals surface area (Å²) in [6.45, 7) is 1.28. The quantitative estimate of drug-likeness (QED) is 0.674. The van der Waals surface area contributed by atoms with Gasteiger partial charge in [-0.25, -0.2) is 12.8 Å². The molecular formula is C22H25FN2O6S. The summed E-state index contributed by atoms with van der Waals surface area (Å²) in [5, 5.41) is 2.89. The summed E-state index contributed by atoms with van der Waals surface area (Å²) < 4.78 is 55.8. The number of sulfonamides is 1. The van der Waals surface area contributed by atoms with Gasteiger partial charge < -0.3 is 19.5 Å². The van der Waals surface area contributed by atoms with E-state index in [4.69, 9.17) is 14.2 Å². The SMILES string of the molecule is CN(CC(=O)NCC1(c2ccc3c(c2)OCO3)CCOCC1)S(=O)(=O)c1ccc(F)cc1. The fourth-order valence-corrected chi connectivity index (χ4v) is 5.08. The van der Waals surface area contributed by atoms with E-state index in [2.05, 4.69) is 5.32 Å². The summed E-state index contributed by atoms with van der Waals surface area (Å²) in [6, 6.07) is 10.3. The maximum Gasteiger partial charge on any atom is 0.243 e. The Bertz CT molecular complexity index is 1080. The molecule has 1 fully saturated rings. The highest BCUT2D eigenvalue weighted by Crippen LogP contribution is 2.40. The van der Waals surface area contributed by atoms with Crippen LogP contribution in [0.15, 0.2) is 47.4 Å². The molecule has 2 aromatic carbocycles. The molecule has 1 saturated heterocycles. The van der Waals surface area contributed by atoms with Crippen LogP contribution in [-0.4, -0.2) is 58.8 Å². The smallest absolute Gasteiger partial charge is 0.243 e. The molecule has 2 aromatic rings. The van der Waals surface area contributed by atoms with E-state index in [9.17, 15) is 17.6 Å². The van der Waals surface area contributed by atoms with Gasteiger partial charge in [0.2, 0.25) is 22.7 Å². The molecule has 0 aromatic heterocycles. The van der Waals surface area contributed by atoms with Crippen LogP contribution in [0, 0.1) is 5.82 Å². The standard InChI is InChI=1S/C22H25FN2O6S/c1-25(32(27,28)18-5-3-17(23)4-6-18)13-21(26)24-14-22(8-10-29-11-9-22)16-2-7-19-20(12-16)31-15-30-19/h2-7,12H,8-11,13-15H2,1H3,(H,24,26). The molecule has 2 aliphatic rings. The van der Waals surface area contributed by atoms with Gasteiger partial charge in [-0.2, -0.15) is 4.31 Å². The van der Waals surface area contributed by atoms with Crippen LogP contribution in [-0.2, 0) is 25.0 Å². The van der Waals surface area contributed by atoms with Gasteiger partial charge in [-0.15, -0.1) is 0 Å². The van der Waals surface area contributed by atoms with Gasteiger partial charge in [0.05, 0.1) is 11.4 Å². The Hall–Kier alpha value is -2.69. The lowest BCUT2D eigenvalue weighted by Crippen LogP contribution is -2.47. The largest absolute Gasteiger partial charge is 0.454 e. The van der Waals surface area contributed by atoms with Crippen molar-refractivity contribution >= 4 is 15.9 Å². The van der Waals surface area contributed by atoms with Gasteiger partial charge in [0.25, 0.3) is 0 Å². The third-order valence-corrected chi connectivity index (χ3v) is 7.76. The van der Waals surface area contributed by atoms with Crippen LogP contribution in [0.2, 0.25) is 0 Å². The Kier molecular flexibility index (Phi) is 6.36. The van der Waals surface area contributed by atoms with Crippen molar-refractivity contribution in [2.75, 3.05) is 40.1 Å². The van der Waals surface area contributed by atoms with Crippen LogP contribution >= 0.6 is 0 Å². The lowest BCUT2D eigenvalue weighted by Gasteiger charge is -2.38. The fraction of sp³-hybridized carbons (Fsp3) is 0.409. The minimum Gasteiger partial charge on any atom is -0.454 e. The van der Waals surface area contributed by atoms with Crippen LogP contribution in [0.5, 0.6) is 11.5 Å². The predicted molar refractivity (Wildman–Crippen MR) is 114 cm³/mol. The molecule has 1 amide bonds. The molecule has 2 heterocycles. The lowest BCUT2D eigenvalue weighted by atomic mass is 9.74. The van der Waals surface area contributed by atoms with Crippen LogP contribution in [0.1, 0.15) is 18.4 Å².